The van der Waals surface area contributed by atoms with Crippen LogP contribution in [-0.2, 0) is 10.8 Å². The molecule has 1 aromatic heterocycles. The standard InChI is InChI=1S/C13H22N4O2S2/c1-8(21(2)19)6-7-15-12(18)10-11(14)17-13(20-10)16-9-4-3-5-9/h8-9H,3-7,14H2,1-2H3,(H,15,18)(H,16,17). The molecule has 1 amide bonds. The lowest BCUT2D eigenvalue weighted by Gasteiger charge is -2.25. The fourth-order valence-corrected chi connectivity index (χ4v) is 3.25. The van der Waals surface area contributed by atoms with E-state index in [4.69, 9.17) is 5.73 Å². The Labute approximate surface area is 131 Å². The van der Waals surface area contributed by atoms with E-state index < -0.39 is 10.8 Å². The van der Waals surface area contributed by atoms with Crippen LogP contribution in [0.1, 0.15) is 42.3 Å². The summed E-state index contributed by atoms with van der Waals surface area (Å²) in [7, 11) is -0.867. The Morgan fingerprint density at radius 1 is 1.57 bits per heavy atom. The van der Waals surface area contributed by atoms with Gasteiger partial charge in [0.05, 0.1) is 0 Å². The number of nitrogen functional groups attached to an aromatic ring is 1. The topological polar surface area (TPSA) is 97.1 Å². The zero-order valence-corrected chi connectivity index (χ0v) is 14.0. The second-order valence-corrected chi connectivity index (χ2v) is 8.16. The third kappa shape index (κ3) is 4.41. The molecule has 118 valence electrons. The monoisotopic (exact) mass is 330 g/mol. The molecule has 21 heavy (non-hydrogen) atoms. The normalized spacial score (nSPS) is 17.8. The van der Waals surface area contributed by atoms with Gasteiger partial charge in [-0.15, -0.1) is 0 Å². The maximum Gasteiger partial charge on any atom is 0.265 e. The van der Waals surface area contributed by atoms with E-state index in [0.717, 1.165) is 12.8 Å². The SMILES string of the molecule is CC(CCNC(=O)c1sc(NC2CCC2)nc1N)S(C)=O. The molecule has 0 spiro atoms. The first-order valence-electron chi connectivity index (χ1n) is 7.10. The summed E-state index contributed by atoms with van der Waals surface area (Å²) in [4.78, 5) is 16.7. The summed E-state index contributed by atoms with van der Waals surface area (Å²) < 4.78 is 11.2. The fraction of sp³-hybridized carbons (Fsp3) is 0.692. The van der Waals surface area contributed by atoms with Gasteiger partial charge in [-0.2, -0.15) is 0 Å². The zero-order chi connectivity index (χ0) is 15.4. The molecule has 1 fully saturated rings. The Hall–Kier alpha value is -1.15. The van der Waals surface area contributed by atoms with Crippen LogP contribution in [-0.4, -0.2) is 39.2 Å². The number of nitrogens with zero attached hydrogens (tertiary/aromatic N) is 1. The van der Waals surface area contributed by atoms with Gasteiger partial charge in [-0.05, 0) is 25.7 Å². The van der Waals surface area contributed by atoms with Gasteiger partial charge in [0, 0.05) is 34.9 Å². The molecule has 0 saturated heterocycles. The highest BCUT2D eigenvalue weighted by atomic mass is 32.2. The van der Waals surface area contributed by atoms with Gasteiger partial charge in [0.2, 0.25) is 0 Å². The molecule has 2 atom stereocenters. The predicted molar refractivity (Wildman–Crippen MR) is 88.3 cm³/mol. The van der Waals surface area contributed by atoms with Gasteiger partial charge in [0.15, 0.2) is 5.13 Å². The molecule has 8 heteroatoms. The maximum atomic E-state index is 12.1. The summed E-state index contributed by atoms with van der Waals surface area (Å²) >= 11 is 1.29. The van der Waals surface area contributed by atoms with Crippen molar-refractivity contribution in [3.05, 3.63) is 4.88 Å². The van der Waals surface area contributed by atoms with Gasteiger partial charge in [0.25, 0.3) is 5.91 Å². The number of anilines is 2. The second-order valence-electron chi connectivity index (χ2n) is 5.36. The Morgan fingerprint density at radius 2 is 2.29 bits per heavy atom. The predicted octanol–water partition coefficient (Wildman–Crippen LogP) is 1.58. The maximum absolute atomic E-state index is 12.1. The van der Waals surface area contributed by atoms with Gasteiger partial charge in [0.1, 0.15) is 10.7 Å². The van der Waals surface area contributed by atoms with E-state index >= 15 is 0 Å². The van der Waals surface area contributed by atoms with Crippen molar-refractivity contribution in [2.75, 3.05) is 23.9 Å². The number of aromatic nitrogens is 1. The highest BCUT2D eigenvalue weighted by molar-refractivity contribution is 7.84. The molecule has 1 aliphatic carbocycles. The van der Waals surface area contributed by atoms with Crippen LogP contribution in [0.3, 0.4) is 0 Å². The van der Waals surface area contributed by atoms with Crippen LogP contribution in [0.2, 0.25) is 0 Å². The molecule has 0 aromatic carbocycles. The lowest BCUT2D eigenvalue weighted by atomic mass is 9.93. The minimum atomic E-state index is -0.867. The van der Waals surface area contributed by atoms with Crippen LogP contribution in [0.5, 0.6) is 0 Å². The van der Waals surface area contributed by atoms with Crippen molar-refractivity contribution in [2.45, 2.75) is 43.9 Å². The summed E-state index contributed by atoms with van der Waals surface area (Å²) in [6.07, 6.45) is 5.88. The summed E-state index contributed by atoms with van der Waals surface area (Å²) in [6, 6.07) is 0.465. The Bertz CT molecular complexity index is 528. The first-order chi connectivity index (χ1) is 9.97. The van der Waals surface area contributed by atoms with Crippen LogP contribution in [0.4, 0.5) is 10.9 Å². The minimum absolute atomic E-state index is 0.0694. The lowest BCUT2D eigenvalue weighted by molar-refractivity contribution is 0.0958. The number of nitrogens with one attached hydrogen (secondary N) is 2. The van der Waals surface area contributed by atoms with Crippen LogP contribution < -0.4 is 16.4 Å². The van der Waals surface area contributed by atoms with Gasteiger partial charge < -0.3 is 16.4 Å². The van der Waals surface area contributed by atoms with Gasteiger partial charge in [-0.1, -0.05) is 18.3 Å². The van der Waals surface area contributed by atoms with Crippen molar-refractivity contribution >= 4 is 39.0 Å². The highest BCUT2D eigenvalue weighted by Crippen LogP contribution is 2.29. The molecule has 0 radical (unpaired) electrons. The number of nitrogens with two attached hydrogens (primary N) is 1. The number of carbonyl (C=O) groups is 1. The number of hydrogen-bond acceptors (Lipinski definition) is 6. The molecule has 1 aromatic rings. The van der Waals surface area contributed by atoms with Crippen LogP contribution >= 0.6 is 11.3 Å². The van der Waals surface area contributed by atoms with Crippen LogP contribution in [0, 0.1) is 0 Å². The first-order valence-corrected chi connectivity index (χ1v) is 9.54. The van der Waals surface area contributed by atoms with Crippen molar-refractivity contribution in [3.63, 3.8) is 0 Å². The van der Waals surface area contributed by atoms with Gasteiger partial charge in [-0.25, -0.2) is 4.98 Å². The Balaban J connectivity index is 1.85. The van der Waals surface area contributed by atoms with Crippen LogP contribution in [0.15, 0.2) is 0 Å². The van der Waals surface area contributed by atoms with Gasteiger partial charge in [-0.3, -0.25) is 9.00 Å². The summed E-state index contributed by atoms with van der Waals surface area (Å²) in [6.45, 7) is 2.40. The molecule has 1 saturated carbocycles. The smallest absolute Gasteiger partial charge is 0.265 e. The molecule has 4 N–H and O–H groups in total. The van der Waals surface area contributed by atoms with Crippen molar-refractivity contribution in [2.24, 2.45) is 0 Å². The first kappa shape index (κ1) is 16.2. The van der Waals surface area contributed by atoms with E-state index in [1.807, 2.05) is 6.92 Å². The average molecular weight is 330 g/mol. The van der Waals surface area contributed by atoms with E-state index in [1.54, 1.807) is 6.26 Å². The average Bonchev–Trinajstić information content (AvgIpc) is 2.74. The van der Waals surface area contributed by atoms with Crippen molar-refractivity contribution in [1.82, 2.24) is 10.3 Å². The molecule has 6 nitrogen and oxygen atoms in total. The number of thiazole rings is 1. The number of hydrogen-bond donors (Lipinski definition) is 3. The number of rotatable bonds is 7. The Kier molecular flexibility index (Phi) is 5.58. The van der Waals surface area contributed by atoms with Crippen molar-refractivity contribution in [1.29, 1.82) is 0 Å². The van der Waals surface area contributed by atoms with E-state index in [-0.39, 0.29) is 17.0 Å². The summed E-state index contributed by atoms with van der Waals surface area (Å²) in [5, 5.41) is 6.88. The lowest BCUT2D eigenvalue weighted by Crippen LogP contribution is -2.27. The van der Waals surface area contributed by atoms with Crippen molar-refractivity contribution in [3.8, 4) is 0 Å². The van der Waals surface area contributed by atoms with Crippen LogP contribution in [0.25, 0.3) is 0 Å². The zero-order valence-electron chi connectivity index (χ0n) is 12.3. The molecule has 2 rings (SSSR count). The van der Waals surface area contributed by atoms with E-state index in [1.165, 1.54) is 17.8 Å². The number of amides is 1. The number of carbonyl (C=O) groups excluding carboxylic acids is 1. The third-order valence-electron chi connectivity index (χ3n) is 3.70. The quantitative estimate of drug-likeness (QED) is 0.705. The molecule has 0 aliphatic heterocycles. The van der Waals surface area contributed by atoms with Crippen molar-refractivity contribution < 1.29 is 9.00 Å². The van der Waals surface area contributed by atoms with E-state index in [2.05, 4.69) is 15.6 Å². The molecule has 2 unspecified atom stereocenters. The molecular weight excluding hydrogens is 308 g/mol. The third-order valence-corrected chi connectivity index (χ3v) is 6.07. The largest absolute Gasteiger partial charge is 0.382 e. The van der Waals surface area contributed by atoms with Gasteiger partial charge >= 0.3 is 0 Å². The molecule has 0 bridgehead atoms. The molecule has 1 heterocycles. The van der Waals surface area contributed by atoms with E-state index in [9.17, 15) is 9.00 Å². The second kappa shape index (κ2) is 7.22. The summed E-state index contributed by atoms with van der Waals surface area (Å²) in [5.41, 5.74) is 5.81. The fourth-order valence-electron chi connectivity index (χ4n) is 1.92. The van der Waals surface area contributed by atoms with E-state index in [0.29, 0.717) is 29.0 Å². The molecule has 1 aliphatic rings. The summed E-state index contributed by atoms with van der Waals surface area (Å²) in [5.74, 6) is 0.0622. The molecular formula is C13H22N4O2S2. The highest BCUT2D eigenvalue weighted by Gasteiger charge is 2.21. The Morgan fingerprint density at radius 3 is 2.86 bits per heavy atom. The minimum Gasteiger partial charge on any atom is -0.382 e.